The molecular formula is C29H32N8O. The Bertz CT molecular complexity index is 1420. The summed E-state index contributed by atoms with van der Waals surface area (Å²) in [6.45, 7) is 4.80. The normalized spacial score (nSPS) is 18.7. The topological polar surface area (TPSA) is 116 Å². The number of anilines is 3. The number of piperazine rings is 1. The highest BCUT2D eigenvalue weighted by Crippen LogP contribution is 2.35. The summed E-state index contributed by atoms with van der Waals surface area (Å²) < 4.78 is 0. The van der Waals surface area contributed by atoms with E-state index in [0.29, 0.717) is 17.6 Å². The number of primary amides is 1. The molecule has 4 heterocycles. The van der Waals surface area contributed by atoms with Gasteiger partial charge in [0.05, 0.1) is 5.69 Å². The third-order valence-corrected chi connectivity index (χ3v) is 7.50. The van der Waals surface area contributed by atoms with Gasteiger partial charge in [0.1, 0.15) is 5.82 Å². The third kappa shape index (κ3) is 5.10. The molecule has 2 aliphatic rings. The fourth-order valence-electron chi connectivity index (χ4n) is 5.51. The monoisotopic (exact) mass is 508 g/mol. The third-order valence-electron chi connectivity index (χ3n) is 7.50. The van der Waals surface area contributed by atoms with E-state index in [9.17, 15) is 4.79 Å². The second kappa shape index (κ2) is 10.3. The minimum Gasteiger partial charge on any atom is -0.366 e. The molecule has 2 bridgehead atoms. The van der Waals surface area contributed by atoms with Crippen molar-refractivity contribution in [3.05, 3.63) is 94.8 Å². The van der Waals surface area contributed by atoms with E-state index in [2.05, 4.69) is 56.5 Å². The number of hydrogen-bond acceptors (Lipinski definition) is 7. The molecule has 1 amide bonds. The molecule has 4 N–H and O–H groups in total. The number of H-pyrrole nitrogens is 1. The van der Waals surface area contributed by atoms with E-state index in [1.165, 1.54) is 11.1 Å². The molecule has 2 atom stereocenters. The summed E-state index contributed by atoms with van der Waals surface area (Å²) in [5.41, 5.74) is 10.4. The van der Waals surface area contributed by atoms with Crippen LogP contribution in [-0.2, 0) is 19.4 Å². The van der Waals surface area contributed by atoms with Gasteiger partial charge in [-0.2, -0.15) is 10.1 Å². The molecule has 2 aromatic carbocycles. The highest BCUT2D eigenvalue weighted by molar-refractivity contribution is 5.92. The number of nitrogens with zero attached hydrogens (tertiary/aromatic N) is 5. The van der Waals surface area contributed by atoms with Crippen molar-refractivity contribution in [3.8, 4) is 0 Å². The number of carbonyl (C=O) groups is 1. The number of rotatable bonds is 9. The lowest BCUT2D eigenvalue weighted by molar-refractivity contribution is 0.1000. The van der Waals surface area contributed by atoms with Gasteiger partial charge >= 0.3 is 0 Å². The van der Waals surface area contributed by atoms with E-state index in [0.717, 1.165) is 67.9 Å². The Morgan fingerprint density at radius 3 is 2.50 bits per heavy atom. The molecule has 2 aliphatic heterocycles. The molecular weight excluding hydrogens is 476 g/mol. The Morgan fingerprint density at radius 1 is 1.00 bits per heavy atom. The quantitative estimate of drug-likeness (QED) is 0.316. The summed E-state index contributed by atoms with van der Waals surface area (Å²) in [7, 11) is 0. The van der Waals surface area contributed by atoms with Gasteiger partial charge in [0.2, 0.25) is 11.9 Å². The maximum Gasteiger partial charge on any atom is 0.248 e. The van der Waals surface area contributed by atoms with Crippen LogP contribution < -0.4 is 16.0 Å². The van der Waals surface area contributed by atoms with Crippen molar-refractivity contribution < 1.29 is 4.79 Å². The second-order valence-electron chi connectivity index (χ2n) is 10.2. The van der Waals surface area contributed by atoms with Crippen LogP contribution in [0.1, 0.15) is 46.2 Å². The SMILES string of the molecule is CCc1cc(Nc2cc(Cc3ccccc3)nc(N3C[C@H]4C[C@@H]3CN4Cc3ccc(C(N)=O)cc3)n2)n[nH]1. The number of nitrogens with one attached hydrogen (secondary N) is 2. The lowest BCUT2D eigenvalue weighted by Crippen LogP contribution is -2.46. The smallest absolute Gasteiger partial charge is 0.248 e. The lowest BCUT2D eigenvalue weighted by Gasteiger charge is -2.34. The van der Waals surface area contributed by atoms with Crippen LogP contribution in [0.5, 0.6) is 0 Å². The van der Waals surface area contributed by atoms with Crippen molar-refractivity contribution in [1.29, 1.82) is 0 Å². The first-order valence-electron chi connectivity index (χ1n) is 13.2. The molecule has 9 nitrogen and oxygen atoms in total. The average Bonchev–Trinajstić information content (AvgIpc) is 3.66. The molecule has 2 aromatic heterocycles. The summed E-state index contributed by atoms with van der Waals surface area (Å²) in [6.07, 6.45) is 2.72. The number of aromatic nitrogens is 4. The first kappa shape index (κ1) is 24.1. The van der Waals surface area contributed by atoms with E-state index in [1.54, 1.807) is 0 Å². The van der Waals surface area contributed by atoms with E-state index < -0.39 is 5.91 Å². The van der Waals surface area contributed by atoms with Gasteiger partial charge in [-0.05, 0) is 36.1 Å². The van der Waals surface area contributed by atoms with Gasteiger partial charge in [-0.1, -0.05) is 49.4 Å². The van der Waals surface area contributed by atoms with E-state index in [-0.39, 0.29) is 0 Å². The molecule has 4 aromatic rings. The number of aryl methyl sites for hydroxylation is 1. The van der Waals surface area contributed by atoms with Crippen LogP contribution in [0.15, 0.2) is 66.7 Å². The van der Waals surface area contributed by atoms with Gasteiger partial charge in [0, 0.05) is 61.5 Å². The average molecular weight is 509 g/mol. The van der Waals surface area contributed by atoms with Gasteiger partial charge in [-0.15, -0.1) is 0 Å². The second-order valence-corrected chi connectivity index (χ2v) is 10.2. The molecule has 0 radical (unpaired) electrons. The maximum absolute atomic E-state index is 11.4. The highest BCUT2D eigenvalue weighted by atomic mass is 16.1. The molecule has 0 aliphatic carbocycles. The first-order valence-corrected chi connectivity index (χ1v) is 13.2. The molecule has 0 saturated carbocycles. The molecule has 0 unspecified atom stereocenters. The van der Waals surface area contributed by atoms with Crippen molar-refractivity contribution in [2.45, 2.75) is 44.8 Å². The Labute approximate surface area is 222 Å². The number of fused-ring (bicyclic) bond motifs is 2. The highest BCUT2D eigenvalue weighted by Gasteiger charge is 2.44. The molecule has 2 saturated heterocycles. The van der Waals surface area contributed by atoms with Crippen LogP contribution in [0.2, 0.25) is 0 Å². The number of nitrogens with two attached hydrogens (primary N) is 1. The lowest BCUT2D eigenvalue weighted by atomic mass is 10.1. The summed E-state index contributed by atoms with van der Waals surface area (Å²) in [5.74, 6) is 1.89. The first-order chi connectivity index (χ1) is 18.5. The number of benzene rings is 2. The zero-order valence-corrected chi connectivity index (χ0v) is 21.5. The largest absolute Gasteiger partial charge is 0.366 e. The molecule has 2 fully saturated rings. The van der Waals surface area contributed by atoms with Crippen LogP contribution in [0.4, 0.5) is 17.6 Å². The summed E-state index contributed by atoms with van der Waals surface area (Å²) >= 11 is 0. The van der Waals surface area contributed by atoms with Gasteiger partial charge in [0.15, 0.2) is 5.82 Å². The van der Waals surface area contributed by atoms with Crippen molar-refractivity contribution >= 4 is 23.5 Å². The maximum atomic E-state index is 11.4. The standard InChI is InChI=1S/C29H32N8O/c1-2-22-13-27(35-34-22)32-26-14-23(12-19-6-4-3-5-7-19)31-29(33-26)37-18-24-15-25(37)17-36(24)16-20-8-10-21(11-9-20)28(30)38/h3-11,13-14,24-25H,2,12,15-18H2,1H3,(H2,30,38)(H2,31,32,33,34,35)/t24-,25-/m1/s1. The van der Waals surface area contributed by atoms with Gasteiger partial charge in [-0.3, -0.25) is 14.8 Å². The minimum atomic E-state index is -0.395. The number of hydrogen-bond donors (Lipinski definition) is 3. The summed E-state index contributed by atoms with van der Waals surface area (Å²) in [4.78, 5) is 26.2. The van der Waals surface area contributed by atoms with Crippen LogP contribution >= 0.6 is 0 Å². The van der Waals surface area contributed by atoms with Crippen LogP contribution in [0.25, 0.3) is 0 Å². The van der Waals surface area contributed by atoms with Crippen molar-refractivity contribution in [3.63, 3.8) is 0 Å². The van der Waals surface area contributed by atoms with Crippen molar-refractivity contribution in [2.75, 3.05) is 23.3 Å². The van der Waals surface area contributed by atoms with E-state index >= 15 is 0 Å². The van der Waals surface area contributed by atoms with Gasteiger partial charge < -0.3 is 16.0 Å². The predicted octanol–water partition coefficient (Wildman–Crippen LogP) is 3.66. The van der Waals surface area contributed by atoms with Crippen LogP contribution in [0.3, 0.4) is 0 Å². The number of aromatic amines is 1. The minimum absolute atomic E-state index is 0.363. The summed E-state index contributed by atoms with van der Waals surface area (Å²) in [6, 6.07) is 22.8. The van der Waals surface area contributed by atoms with E-state index in [1.807, 2.05) is 42.5 Å². The summed E-state index contributed by atoms with van der Waals surface area (Å²) in [5, 5.41) is 10.8. The van der Waals surface area contributed by atoms with E-state index in [4.69, 9.17) is 15.7 Å². The molecule has 194 valence electrons. The fourth-order valence-corrected chi connectivity index (χ4v) is 5.51. The molecule has 0 spiro atoms. The molecule has 9 heteroatoms. The Kier molecular flexibility index (Phi) is 6.51. The van der Waals surface area contributed by atoms with Crippen LogP contribution in [0, 0.1) is 0 Å². The van der Waals surface area contributed by atoms with Gasteiger partial charge in [0.25, 0.3) is 0 Å². The fraction of sp³-hybridized carbons (Fsp3) is 0.310. The van der Waals surface area contributed by atoms with Gasteiger partial charge in [-0.25, -0.2) is 4.98 Å². The Hall–Kier alpha value is -4.24. The zero-order valence-electron chi connectivity index (χ0n) is 21.5. The van der Waals surface area contributed by atoms with Crippen molar-refractivity contribution in [1.82, 2.24) is 25.1 Å². The molecule has 38 heavy (non-hydrogen) atoms. The number of carbonyl (C=O) groups excluding carboxylic acids is 1. The number of amides is 1. The Balaban J connectivity index is 1.20. The Morgan fingerprint density at radius 2 is 1.82 bits per heavy atom. The molecule has 6 rings (SSSR count). The number of likely N-dealkylation sites (tertiary alicyclic amines) is 1. The predicted molar refractivity (Wildman–Crippen MR) is 147 cm³/mol. The van der Waals surface area contributed by atoms with Crippen LogP contribution in [-0.4, -0.2) is 56.1 Å². The zero-order chi connectivity index (χ0) is 26.1. The van der Waals surface area contributed by atoms with Crippen molar-refractivity contribution in [2.24, 2.45) is 5.73 Å².